The van der Waals surface area contributed by atoms with Gasteiger partial charge < -0.3 is 0 Å². The Kier molecular flexibility index (Phi) is 5.26. The van der Waals surface area contributed by atoms with Crippen molar-refractivity contribution in [2.75, 3.05) is 0 Å². The molecule has 0 aromatic heterocycles. The van der Waals surface area contributed by atoms with Crippen LogP contribution in [0.1, 0.15) is 25.3 Å². The van der Waals surface area contributed by atoms with Gasteiger partial charge in [-0.3, -0.25) is 0 Å². The summed E-state index contributed by atoms with van der Waals surface area (Å²) in [5.74, 6) is 0. The van der Waals surface area contributed by atoms with Gasteiger partial charge in [0.05, 0.1) is 4.90 Å². The molecular formula is C12H14ClF3O2S. The summed E-state index contributed by atoms with van der Waals surface area (Å²) in [7, 11) is -5.26. The zero-order valence-corrected chi connectivity index (χ0v) is 11.8. The molecule has 0 aliphatic carbocycles. The normalized spacial score (nSPS) is 14.4. The number of alkyl halides is 4. The minimum Gasteiger partial charge on any atom is -0.214 e. The molecule has 0 aliphatic rings. The predicted molar refractivity (Wildman–Crippen MR) is 67.9 cm³/mol. The van der Waals surface area contributed by atoms with Gasteiger partial charge in [0.2, 0.25) is 0 Å². The molecule has 1 rings (SSSR count). The first-order valence-corrected chi connectivity index (χ1v) is 7.64. The maximum atomic E-state index is 12.3. The van der Waals surface area contributed by atoms with E-state index in [9.17, 15) is 21.6 Å². The molecule has 108 valence electrons. The molecule has 1 aromatic rings. The Balaban J connectivity index is 2.89. The quantitative estimate of drug-likeness (QED) is 0.772. The van der Waals surface area contributed by atoms with Crippen molar-refractivity contribution in [2.45, 2.75) is 42.0 Å². The van der Waals surface area contributed by atoms with Gasteiger partial charge in [0.15, 0.2) is 0 Å². The monoisotopic (exact) mass is 314 g/mol. The molecule has 2 nitrogen and oxygen atoms in total. The first-order valence-electron chi connectivity index (χ1n) is 5.73. The maximum Gasteiger partial charge on any atom is 0.501 e. The van der Waals surface area contributed by atoms with Crippen LogP contribution in [0.25, 0.3) is 0 Å². The number of hydrogen-bond acceptors (Lipinski definition) is 2. The van der Waals surface area contributed by atoms with Crippen LogP contribution in [0.15, 0.2) is 29.2 Å². The molecule has 0 heterocycles. The largest absolute Gasteiger partial charge is 0.501 e. The summed E-state index contributed by atoms with van der Waals surface area (Å²) in [5.41, 5.74) is -4.55. The van der Waals surface area contributed by atoms with Crippen LogP contribution in [0.2, 0.25) is 0 Å². The molecule has 1 aromatic carbocycles. The van der Waals surface area contributed by atoms with Crippen LogP contribution in [0.3, 0.4) is 0 Å². The van der Waals surface area contributed by atoms with Gasteiger partial charge in [-0.15, -0.1) is 11.6 Å². The Morgan fingerprint density at radius 2 is 1.74 bits per heavy atom. The third-order valence-electron chi connectivity index (χ3n) is 2.60. The first-order chi connectivity index (χ1) is 8.68. The van der Waals surface area contributed by atoms with Crippen LogP contribution < -0.4 is 0 Å². The summed E-state index contributed by atoms with van der Waals surface area (Å²) in [6.07, 6.45) is 2.21. The molecule has 0 spiro atoms. The van der Waals surface area contributed by atoms with Crippen LogP contribution in [0.5, 0.6) is 0 Å². The zero-order chi connectivity index (χ0) is 14.7. The third-order valence-corrected chi connectivity index (χ3v) is 4.47. The molecule has 0 bridgehead atoms. The molecule has 0 saturated carbocycles. The van der Waals surface area contributed by atoms with Crippen LogP contribution in [-0.2, 0) is 16.3 Å². The lowest BCUT2D eigenvalue weighted by atomic mass is 10.1. The lowest BCUT2D eigenvalue weighted by molar-refractivity contribution is -0.0436. The van der Waals surface area contributed by atoms with Gasteiger partial charge in [0, 0.05) is 5.38 Å². The molecule has 0 N–H and O–H groups in total. The maximum absolute atomic E-state index is 12.3. The fourth-order valence-corrected chi connectivity index (χ4v) is 2.77. The second kappa shape index (κ2) is 6.13. The standard InChI is InChI=1S/C12H14ClF3O2S/c1-2-3-10(13)8-9-4-6-11(7-5-9)19(17,18)12(14,15)16/h4-7,10H,2-3,8H2,1H3. The van der Waals surface area contributed by atoms with E-state index in [-0.39, 0.29) is 5.38 Å². The van der Waals surface area contributed by atoms with E-state index in [4.69, 9.17) is 11.6 Å². The van der Waals surface area contributed by atoms with Gasteiger partial charge in [-0.25, -0.2) is 8.42 Å². The van der Waals surface area contributed by atoms with Crippen molar-refractivity contribution < 1.29 is 21.6 Å². The van der Waals surface area contributed by atoms with Gasteiger partial charge in [-0.05, 0) is 30.5 Å². The Morgan fingerprint density at radius 3 is 2.16 bits per heavy atom. The summed E-state index contributed by atoms with van der Waals surface area (Å²) in [6.45, 7) is 1.98. The van der Waals surface area contributed by atoms with E-state index in [1.807, 2.05) is 6.92 Å². The zero-order valence-electron chi connectivity index (χ0n) is 10.2. The molecule has 0 radical (unpaired) electrons. The molecule has 19 heavy (non-hydrogen) atoms. The second-order valence-electron chi connectivity index (χ2n) is 4.18. The first kappa shape index (κ1) is 16.3. The van der Waals surface area contributed by atoms with Crippen molar-refractivity contribution >= 4 is 21.4 Å². The van der Waals surface area contributed by atoms with Gasteiger partial charge in [0.25, 0.3) is 9.84 Å². The summed E-state index contributed by atoms with van der Waals surface area (Å²) in [6, 6.07) is 4.66. The van der Waals surface area contributed by atoms with Crippen LogP contribution in [0, 0.1) is 0 Å². The molecule has 0 fully saturated rings. The summed E-state index contributed by atoms with van der Waals surface area (Å²) in [5, 5.41) is -0.102. The molecular weight excluding hydrogens is 301 g/mol. The summed E-state index contributed by atoms with van der Waals surface area (Å²) in [4.78, 5) is -0.745. The molecule has 1 unspecified atom stereocenters. The Labute approximate surface area is 115 Å². The van der Waals surface area contributed by atoms with E-state index in [2.05, 4.69) is 0 Å². The Hall–Kier alpha value is -0.750. The number of halogens is 4. The minimum atomic E-state index is -5.27. The van der Waals surface area contributed by atoms with E-state index < -0.39 is 20.2 Å². The summed E-state index contributed by atoms with van der Waals surface area (Å²) < 4.78 is 59.2. The average Bonchev–Trinajstić information content (AvgIpc) is 2.28. The highest BCUT2D eigenvalue weighted by molar-refractivity contribution is 7.92. The van der Waals surface area contributed by atoms with Crippen LogP contribution >= 0.6 is 11.6 Å². The smallest absolute Gasteiger partial charge is 0.214 e. The third kappa shape index (κ3) is 4.11. The van der Waals surface area contributed by atoms with E-state index in [0.717, 1.165) is 30.5 Å². The van der Waals surface area contributed by atoms with Crippen molar-refractivity contribution in [3.63, 3.8) is 0 Å². The fourth-order valence-electron chi connectivity index (χ4n) is 1.61. The lowest BCUT2D eigenvalue weighted by Crippen LogP contribution is -2.23. The topological polar surface area (TPSA) is 34.1 Å². The number of hydrogen-bond donors (Lipinski definition) is 0. The van der Waals surface area contributed by atoms with Crippen LogP contribution in [0.4, 0.5) is 13.2 Å². The van der Waals surface area contributed by atoms with E-state index in [1.165, 1.54) is 12.1 Å². The number of rotatable bonds is 5. The average molecular weight is 315 g/mol. The van der Waals surface area contributed by atoms with Crippen molar-refractivity contribution in [1.82, 2.24) is 0 Å². The number of benzene rings is 1. The highest BCUT2D eigenvalue weighted by atomic mass is 35.5. The lowest BCUT2D eigenvalue weighted by Gasteiger charge is -2.10. The Bertz CT molecular complexity index is 509. The Morgan fingerprint density at radius 1 is 1.21 bits per heavy atom. The second-order valence-corrected chi connectivity index (χ2v) is 6.74. The van der Waals surface area contributed by atoms with Crippen molar-refractivity contribution in [2.24, 2.45) is 0 Å². The van der Waals surface area contributed by atoms with E-state index in [0.29, 0.717) is 6.42 Å². The van der Waals surface area contributed by atoms with E-state index in [1.54, 1.807) is 0 Å². The van der Waals surface area contributed by atoms with Gasteiger partial charge in [-0.2, -0.15) is 13.2 Å². The van der Waals surface area contributed by atoms with Gasteiger partial charge >= 0.3 is 5.51 Å². The molecule has 0 saturated heterocycles. The van der Waals surface area contributed by atoms with Gasteiger partial charge in [0.1, 0.15) is 0 Å². The fraction of sp³-hybridized carbons (Fsp3) is 0.500. The highest BCUT2D eigenvalue weighted by Crippen LogP contribution is 2.30. The van der Waals surface area contributed by atoms with Gasteiger partial charge in [-0.1, -0.05) is 25.5 Å². The molecule has 0 amide bonds. The predicted octanol–water partition coefficient (Wildman–Crippen LogP) is 3.93. The van der Waals surface area contributed by atoms with Crippen molar-refractivity contribution in [1.29, 1.82) is 0 Å². The molecule has 1 atom stereocenters. The SMILES string of the molecule is CCCC(Cl)Cc1ccc(S(=O)(=O)C(F)(F)F)cc1. The van der Waals surface area contributed by atoms with Crippen molar-refractivity contribution in [3.05, 3.63) is 29.8 Å². The molecule has 7 heteroatoms. The molecule has 0 aliphatic heterocycles. The highest BCUT2D eigenvalue weighted by Gasteiger charge is 2.46. The van der Waals surface area contributed by atoms with Crippen molar-refractivity contribution in [3.8, 4) is 0 Å². The van der Waals surface area contributed by atoms with Crippen LogP contribution in [-0.4, -0.2) is 19.3 Å². The summed E-state index contributed by atoms with van der Waals surface area (Å²) >= 11 is 6.02. The minimum absolute atomic E-state index is 0.102. The van der Waals surface area contributed by atoms with E-state index >= 15 is 0 Å². The number of sulfone groups is 1.